The summed E-state index contributed by atoms with van der Waals surface area (Å²) < 4.78 is 10.8. The lowest BCUT2D eigenvalue weighted by Gasteiger charge is -2.22. The Morgan fingerprint density at radius 3 is 1.61 bits per heavy atom. The number of carboxylic acid groups (broad SMARTS) is 2. The summed E-state index contributed by atoms with van der Waals surface area (Å²) in [4.78, 5) is 49.5. The number of likely N-dealkylation sites (tertiary alicyclic amines) is 2. The average Bonchev–Trinajstić information content (AvgIpc) is 3.39. The summed E-state index contributed by atoms with van der Waals surface area (Å²) in [7, 11) is 0. The lowest BCUT2D eigenvalue weighted by Crippen LogP contribution is -2.42. The fraction of sp³-hybridized carbons (Fsp3) is 0.500. The smallest absolute Gasteiger partial charge is 0.326 e. The van der Waals surface area contributed by atoms with Gasteiger partial charge in [-0.15, -0.1) is 0 Å². The van der Waals surface area contributed by atoms with Gasteiger partial charge in [-0.3, -0.25) is 9.59 Å². The molecule has 0 spiro atoms. The largest absolute Gasteiger partial charge is 0.508 e. The third-order valence-electron chi connectivity index (χ3n) is 5.31. The van der Waals surface area contributed by atoms with Crippen LogP contribution in [-0.4, -0.2) is 87.3 Å². The topological polar surface area (TPSA) is 154 Å². The number of phenols is 1. The molecule has 2 fully saturated rings. The molecule has 1 aromatic rings. The molecule has 2 aliphatic rings. The Labute approximate surface area is 177 Å². The third-order valence-corrected chi connectivity index (χ3v) is 5.31. The molecule has 2 amide bonds. The first-order valence-corrected chi connectivity index (χ1v) is 9.90. The normalized spacial score (nSPS) is 20.5. The molecule has 0 bridgehead atoms. The van der Waals surface area contributed by atoms with Crippen molar-refractivity contribution >= 4 is 23.8 Å². The Morgan fingerprint density at radius 2 is 1.23 bits per heavy atom. The van der Waals surface area contributed by atoms with Gasteiger partial charge >= 0.3 is 11.9 Å². The molecule has 2 aliphatic heterocycles. The number of phenolic OH excluding ortho intramolecular Hbond substituents is 1. The molecule has 168 valence electrons. The molecule has 0 aromatic heterocycles. The van der Waals surface area contributed by atoms with E-state index in [2.05, 4.69) is 0 Å². The van der Waals surface area contributed by atoms with Crippen LogP contribution < -0.4 is 9.47 Å². The van der Waals surface area contributed by atoms with E-state index in [-0.39, 0.29) is 17.2 Å². The lowest BCUT2D eigenvalue weighted by molar-refractivity contribution is -0.149. The number of hydrogen-bond acceptors (Lipinski definition) is 7. The minimum absolute atomic E-state index is 0.103. The maximum atomic E-state index is 12.3. The first-order valence-electron chi connectivity index (χ1n) is 9.90. The van der Waals surface area contributed by atoms with E-state index < -0.39 is 49.1 Å². The monoisotopic (exact) mass is 436 g/mol. The quantitative estimate of drug-likeness (QED) is 0.522. The molecule has 2 heterocycles. The Kier molecular flexibility index (Phi) is 6.83. The SMILES string of the molecule is O=C(O)[C@H]1CCCN1C(=O)COc1cc(O)cc(OCC(=O)N2CCC[C@@H]2C(=O)O)c1. The van der Waals surface area contributed by atoms with Crippen LogP contribution in [0, 0.1) is 0 Å². The summed E-state index contributed by atoms with van der Waals surface area (Å²) in [5.74, 6) is -3.11. The zero-order chi connectivity index (χ0) is 22.5. The number of ether oxygens (including phenoxy) is 2. The number of rotatable bonds is 8. The van der Waals surface area contributed by atoms with Crippen molar-refractivity contribution in [1.29, 1.82) is 0 Å². The van der Waals surface area contributed by atoms with E-state index in [1.54, 1.807) is 0 Å². The first-order chi connectivity index (χ1) is 14.8. The van der Waals surface area contributed by atoms with Crippen molar-refractivity contribution in [3.05, 3.63) is 18.2 Å². The highest BCUT2D eigenvalue weighted by Gasteiger charge is 2.35. The van der Waals surface area contributed by atoms with E-state index >= 15 is 0 Å². The van der Waals surface area contributed by atoms with Crippen LogP contribution in [0.25, 0.3) is 0 Å². The Hall–Kier alpha value is -3.50. The number of hydrogen-bond donors (Lipinski definition) is 3. The third kappa shape index (κ3) is 5.36. The predicted molar refractivity (Wildman–Crippen MR) is 104 cm³/mol. The molecular formula is C20H24N2O9. The number of nitrogens with zero attached hydrogens (tertiary/aromatic N) is 2. The molecular weight excluding hydrogens is 412 g/mol. The maximum Gasteiger partial charge on any atom is 0.326 e. The summed E-state index contributed by atoms with van der Waals surface area (Å²) in [6.07, 6.45) is 1.97. The molecule has 3 rings (SSSR count). The number of carbonyl (C=O) groups excluding carboxylic acids is 2. The van der Waals surface area contributed by atoms with E-state index in [1.807, 2.05) is 0 Å². The van der Waals surface area contributed by atoms with Gasteiger partial charge in [-0.25, -0.2) is 9.59 Å². The number of carboxylic acids is 2. The minimum atomic E-state index is -1.06. The molecule has 11 nitrogen and oxygen atoms in total. The number of benzene rings is 1. The molecule has 3 N–H and O–H groups in total. The molecule has 0 saturated carbocycles. The summed E-state index contributed by atoms with van der Waals surface area (Å²) in [5.41, 5.74) is 0. The summed E-state index contributed by atoms with van der Waals surface area (Å²) in [6, 6.07) is 2.14. The fourth-order valence-electron chi connectivity index (χ4n) is 3.82. The second kappa shape index (κ2) is 9.54. The summed E-state index contributed by atoms with van der Waals surface area (Å²) >= 11 is 0. The first kappa shape index (κ1) is 22.2. The zero-order valence-corrected chi connectivity index (χ0v) is 16.7. The van der Waals surface area contributed by atoms with Crippen LogP contribution in [0.3, 0.4) is 0 Å². The predicted octanol–water partition coefficient (Wildman–Crippen LogP) is 0.301. The standard InChI is InChI=1S/C20H24N2O9/c23-12-7-13(30-10-17(24)21-5-1-3-15(21)19(26)27)9-14(8-12)31-11-18(25)22-6-2-4-16(22)20(28)29/h7-9,15-16,23H,1-6,10-11H2,(H,26,27)(H,28,29)/t15-,16-/m1/s1. The van der Waals surface area contributed by atoms with Gasteiger partial charge in [0.05, 0.1) is 0 Å². The average molecular weight is 436 g/mol. The van der Waals surface area contributed by atoms with Crippen molar-refractivity contribution in [2.75, 3.05) is 26.3 Å². The van der Waals surface area contributed by atoms with Crippen LogP contribution in [0.5, 0.6) is 17.2 Å². The van der Waals surface area contributed by atoms with Crippen molar-refractivity contribution in [3.8, 4) is 17.2 Å². The summed E-state index contributed by atoms with van der Waals surface area (Å²) in [6.45, 7) is -0.160. The number of aromatic hydroxyl groups is 1. The highest BCUT2D eigenvalue weighted by Crippen LogP contribution is 2.28. The van der Waals surface area contributed by atoms with Crippen LogP contribution in [0.15, 0.2) is 18.2 Å². The van der Waals surface area contributed by atoms with Crippen LogP contribution in [0.4, 0.5) is 0 Å². The van der Waals surface area contributed by atoms with E-state index in [4.69, 9.17) is 9.47 Å². The van der Waals surface area contributed by atoms with Gasteiger partial charge in [-0.1, -0.05) is 0 Å². The second-order valence-electron chi connectivity index (χ2n) is 7.41. The van der Waals surface area contributed by atoms with Crippen LogP contribution in [0.2, 0.25) is 0 Å². The Balaban J connectivity index is 1.56. The van der Waals surface area contributed by atoms with E-state index in [1.165, 1.54) is 28.0 Å². The van der Waals surface area contributed by atoms with Gasteiger partial charge in [0.25, 0.3) is 11.8 Å². The van der Waals surface area contributed by atoms with Crippen molar-refractivity contribution < 1.29 is 44.0 Å². The van der Waals surface area contributed by atoms with Crippen LogP contribution in [-0.2, 0) is 19.2 Å². The summed E-state index contributed by atoms with van der Waals surface area (Å²) in [5, 5.41) is 28.2. The number of carbonyl (C=O) groups is 4. The van der Waals surface area contributed by atoms with Gasteiger partial charge in [0.2, 0.25) is 0 Å². The maximum absolute atomic E-state index is 12.3. The highest BCUT2D eigenvalue weighted by atomic mass is 16.5. The zero-order valence-electron chi connectivity index (χ0n) is 16.7. The Morgan fingerprint density at radius 1 is 0.806 bits per heavy atom. The van der Waals surface area contributed by atoms with Gasteiger partial charge < -0.3 is 34.6 Å². The lowest BCUT2D eigenvalue weighted by atomic mass is 10.2. The van der Waals surface area contributed by atoms with Gasteiger partial charge in [-0.2, -0.15) is 0 Å². The van der Waals surface area contributed by atoms with Crippen LogP contribution in [0.1, 0.15) is 25.7 Å². The number of amides is 2. The molecule has 31 heavy (non-hydrogen) atoms. The van der Waals surface area contributed by atoms with Crippen molar-refractivity contribution in [1.82, 2.24) is 9.80 Å². The van der Waals surface area contributed by atoms with Crippen molar-refractivity contribution in [2.45, 2.75) is 37.8 Å². The molecule has 11 heteroatoms. The van der Waals surface area contributed by atoms with E-state index in [9.17, 15) is 34.5 Å². The van der Waals surface area contributed by atoms with E-state index in [0.717, 1.165) is 0 Å². The van der Waals surface area contributed by atoms with Crippen molar-refractivity contribution in [2.24, 2.45) is 0 Å². The molecule has 2 saturated heterocycles. The van der Waals surface area contributed by atoms with Crippen LogP contribution >= 0.6 is 0 Å². The van der Waals surface area contributed by atoms with E-state index in [0.29, 0.717) is 38.8 Å². The van der Waals surface area contributed by atoms with Gasteiger partial charge in [0, 0.05) is 31.3 Å². The second-order valence-corrected chi connectivity index (χ2v) is 7.41. The Bertz CT molecular complexity index is 806. The van der Waals surface area contributed by atoms with Gasteiger partial charge in [0.1, 0.15) is 29.3 Å². The molecule has 0 aliphatic carbocycles. The molecule has 0 radical (unpaired) electrons. The molecule has 0 unspecified atom stereocenters. The molecule has 2 atom stereocenters. The minimum Gasteiger partial charge on any atom is -0.508 e. The number of aliphatic carboxylic acids is 2. The van der Waals surface area contributed by atoms with Gasteiger partial charge in [-0.05, 0) is 25.7 Å². The van der Waals surface area contributed by atoms with Crippen molar-refractivity contribution in [3.63, 3.8) is 0 Å². The fourth-order valence-corrected chi connectivity index (χ4v) is 3.82. The van der Waals surface area contributed by atoms with Gasteiger partial charge in [0.15, 0.2) is 13.2 Å². The molecule has 1 aromatic carbocycles. The highest BCUT2D eigenvalue weighted by molar-refractivity contribution is 5.85.